The van der Waals surface area contributed by atoms with E-state index in [0.29, 0.717) is 16.8 Å². The molecule has 1 amide bonds. The quantitative estimate of drug-likeness (QED) is 0.643. The minimum Gasteiger partial charge on any atom is -0.483 e. The standard InChI is InChI=1S/C18H9ClF2N2O4S/c19-10-2-1-7(5-22)15-13(10)9(16(28-15)18(25)26)6-27-14-11(20)3-8(17(23)24)4-12(14)21/h1-4H,6H2,(H2,23,24)(H,25,26). The molecule has 0 fully saturated rings. The molecule has 0 aliphatic carbocycles. The number of aromatic carboxylic acids is 1. The predicted molar refractivity (Wildman–Crippen MR) is 97.7 cm³/mol. The number of thiophene rings is 1. The molecule has 0 aliphatic heterocycles. The maximum atomic E-state index is 14.1. The van der Waals surface area contributed by atoms with E-state index in [0.717, 1.165) is 11.3 Å². The van der Waals surface area contributed by atoms with Crippen molar-refractivity contribution in [1.29, 1.82) is 5.26 Å². The summed E-state index contributed by atoms with van der Waals surface area (Å²) >= 11 is 6.97. The van der Waals surface area contributed by atoms with Gasteiger partial charge in [-0.05, 0) is 24.3 Å². The average molecular weight is 423 g/mol. The van der Waals surface area contributed by atoms with E-state index >= 15 is 0 Å². The number of carbonyl (C=O) groups is 2. The Morgan fingerprint density at radius 1 is 1.29 bits per heavy atom. The van der Waals surface area contributed by atoms with E-state index in [1.165, 1.54) is 12.1 Å². The van der Waals surface area contributed by atoms with E-state index in [4.69, 9.17) is 22.1 Å². The molecule has 1 aromatic heterocycles. The third-order valence-corrected chi connectivity index (χ3v) is 5.41. The first-order chi connectivity index (χ1) is 13.2. The number of nitrogens with zero attached hydrogens (tertiary/aromatic N) is 1. The van der Waals surface area contributed by atoms with E-state index in [2.05, 4.69) is 0 Å². The molecule has 28 heavy (non-hydrogen) atoms. The van der Waals surface area contributed by atoms with Crippen LogP contribution in [0.2, 0.25) is 5.02 Å². The Morgan fingerprint density at radius 2 is 1.93 bits per heavy atom. The number of rotatable bonds is 5. The fourth-order valence-corrected chi connectivity index (χ4v) is 4.07. The van der Waals surface area contributed by atoms with Crippen molar-refractivity contribution in [3.05, 3.63) is 62.5 Å². The van der Waals surface area contributed by atoms with Gasteiger partial charge in [-0.25, -0.2) is 13.6 Å². The van der Waals surface area contributed by atoms with Crippen molar-refractivity contribution in [3.63, 3.8) is 0 Å². The summed E-state index contributed by atoms with van der Waals surface area (Å²) in [4.78, 5) is 22.5. The van der Waals surface area contributed by atoms with Crippen molar-refractivity contribution in [1.82, 2.24) is 0 Å². The number of hydrogen-bond donors (Lipinski definition) is 2. The number of amides is 1. The zero-order chi connectivity index (χ0) is 20.6. The smallest absolute Gasteiger partial charge is 0.346 e. The summed E-state index contributed by atoms with van der Waals surface area (Å²) in [6.07, 6.45) is 0. The van der Waals surface area contributed by atoms with E-state index in [-0.39, 0.29) is 32.0 Å². The van der Waals surface area contributed by atoms with Gasteiger partial charge in [-0.1, -0.05) is 11.6 Å². The third-order valence-electron chi connectivity index (χ3n) is 3.85. The zero-order valence-electron chi connectivity index (χ0n) is 13.8. The second-order valence-corrected chi connectivity index (χ2v) is 6.98. The number of carboxylic acid groups (broad SMARTS) is 1. The Hall–Kier alpha value is -3.22. The first kappa shape index (κ1) is 19.5. The highest BCUT2D eigenvalue weighted by Gasteiger charge is 2.23. The largest absolute Gasteiger partial charge is 0.483 e. The second-order valence-electron chi connectivity index (χ2n) is 5.55. The van der Waals surface area contributed by atoms with Crippen LogP contribution in [-0.4, -0.2) is 17.0 Å². The van der Waals surface area contributed by atoms with Crippen molar-refractivity contribution >= 4 is 44.9 Å². The van der Waals surface area contributed by atoms with Crippen LogP contribution in [0.3, 0.4) is 0 Å². The van der Waals surface area contributed by atoms with Crippen molar-refractivity contribution in [2.75, 3.05) is 0 Å². The van der Waals surface area contributed by atoms with Crippen molar-refractivity contribution in [3.8, 4) is 11.8 Å². The maximum Gasteiger partial charge on any atom is 0.346 e. The highest BCUT2D eigenvalue weighted by molar-refractivity contribution is 7.21. The van der Waals surface area contributed by atoms with Gasteiger partial charge >= 0.3 is 5.97 Å². The summed E-state index contributed by atoms with van der Waals surface area (Å²) in [7, 11) is 0. The molecule has 6 nitrogen and oxygen atoms in total. The average Bonchev–Trinajstić information content (AvgIpc) is 3.02. The van der Waals surface area contributed by atoms with E-state index in [9.17, 15) is 28.7 Å². The molecule has 0 spiro atoms. The molecule has 0 radical (unpaired) electrons. The Labute approximate surface area is 165 Å². The minimum atomic E-state index is -1.30. The number of benzene rings is 2. The summed E-state index contributed by atoms with van der Waals surface area (Å²) in [5, 5.41) is 19.1. The van der Waals surface area contributed by atoms with Crippen LogP contribution in [0.4, 0.5) is 8.78 Å². The molecule has 10 heteroatoms. The van der Waals surface area contributed by atoms with Crippen LogP contribution in [0.1, 0.15) is 31.2 Å². The van der Waals surface area contributed by atoms with Gasteiger partial charge in [-0.3, -0.25) is 4.79 Å². The van der Waals surface area contributed by atoms with Gasteiger partial charge in [0.1, 0.15) is 17.6 Å². The fourth-order valence-electron chi connectivity index (χ4n) is 2.61. The molecule has 3 aromatic rings. The summed E-state index contributed by atoms with van der Waals surface area (Å²) in [6, 6.07) is 6.23. The van der Waals surface area contributed by atoms with Gasteiger partial charge in [0.05, 0.1) is 10.3 Å². The van der Waals surface area contributed by atoms with Gasteiger partial charge in [-0.2, -0.15) is 5.26 Å². The number of halogens is 3. The van der Waals surface area contributed by atoms with Crippen LogP contribution in [0, 0.1) is 23.0 Å². The monoisotopic (exact) mass is 422 g/mol. The molecular weight excluding hydrogens is 414 g/mol. The summed E-state index contributed by atoms with van der Waals surface area (Å²) < 4.78 is 33.7. The highest BCUT2D eigenvalue weighted by atomic mass is 35.5. The number of fused-ring (bicyclic) bond motifs is 1. The van der Waals surface area contributed by atoms with Crippen LogP contribution in [0.15, 0.2) is 24.3 Å². The number of hydrogen-bond acceptors (Lipinski definition) is 5. The molecule has 0 saturated carbocycles. The van der Waals surface area contributed by atoms with Gasteiger partial charge in [0.15, 0.2) is 17.4 Å². The lowest BCUT2D eigenvalue weighted by atomic mass is 10.1. The Balaban J connectivity index is 2.09. The molecule has 1 heterocycles. The number of primary amides is 1. The van der Waals surface area contributed by atoms with Gasteiger partial charge in [0.25, 0.3) is 0 Å². The molecule has 3 rings (SSSR count). The van der Waals surface area contributed by atoms with Gasteiger partial charge < -0.3 is 15.6 Å². The lowest BCUT2D eigenvalue weighted by Crippen LogP contribution is -2.12. The summed E-state index contributed by atoms with van der Waals surface area (Å²) in [5.41, 5.74) is 4.90. The number of ether oxygens (including phenoxy) is 1. The Bertz CT molecular complexity index is 1160. The number of carboxylic acids is 1. The second kappa shape index (κ2) is 7.42. The van der Waals surface area contributed by atoms with Gasteiger partial charge in [0.2, 0.25) is 5.91 Å². The minimum absolute atomic E-state index is 0.0763. The predicted octanol–water partition coefficient (Wildman–Crippen LogP) is 4.08. The fraction of sp³-hybridized carbons (Fsp3) is 0.0556. The third kappa shape index (κ3) is 3.35. The SMILES string of the molecule is N#Cc1ccc(Cl)c2c(COc3c(F)cc(C(N)=O)cc3F)c(C(=O)O)sc12. The van der Waals surface area contributed by atoms with Crippen LogP contribution in [0.25, 0.3) is 10.1 Å². The normalized spacial score (nSPS) is 10.6. The number of nitriles is 1. The zero-order valence-corrected chi connectivity index (χ0v) is 15.3. The molecule has 0 bridgehead atoms. The Kier molecular flexibility index (Phi) is 5.18. The van der Waals surface area contributed by atoms with E-state index in [1.54, 1.807) is 0 Å². The summed E-state index contributed by atoms with van der Waals surface area (Å²) in [6.45, 7) is -0.528. The molecule has 0 atom stereocenters. The van der Waals surface area contributed by atoms with Crippen LogP contribution >= 0.6 is 22.9 Å². The van der Waals surface area contributed by atoms with Crippen LogP contribution < -0.4 is 10.5 Å². The summed E-state index contributed by atoms with van der Waals surface area (Å²) in [5.74, 6) is -5.46. The lowest BCUT2D eigenvalue weighted by molar-refractivity contribution is 0.0699. The molecular formula is C18H9ClF2N2O4S. The number of carbonyl (C=O) groups excluding carboxylic acids is 1. The molecule has 142 valence electrons. The van der Waals surface area contributed by atoms with Gasteiger partial charge in [0, 0.05) is 21.5 Å². The molecule has 0 aliphatic rings. The van der Waals surface area contributed by atoms with Crippen molar-refractivity contribution in [2.45, 2.75) is 6.61 Å². The molecule has 2 aromatic carbocycles. The van der Waals surface area contributed by atoms with Crippen molar-refractivity contribution in [2.24, 2.45) is 5.73 Å². The van der Waals surface area contributed by atoms with E-state index < -0.39 is 35.9 Å². The Morgan fingerprint density at radius 3 is 2.46 bits per heavy atom. The first-order valence-electron chi connectivity index (χ1n) is 7.53. The highest BCUT2D eigenvalue weighted by Crippen LogP contribution is 2.39. The molecule has 0 saturated heterocycles. The number of nitrogens with two attached hydrogens (primary N) is 1. The van der Waals surface area contributed by atoms with Crippen LogP contribution in [0.5, 0.6) is 5.75 Å². The topological polar surface area (TPSA) is 113 Å². The van der Waals surface area contributed by atoms with Crippen LogP contribution in [-0.2, 0) is 6.61 Å². The molecule has 0 unspecified atom stereocenters. The maximum absolute atomic E-state index is 14.1. The van der Waals surface area contributed by atoms with E-state index in [1.807, 2.05) is 6.07 Å². The molecule has 3 N–H and O–H groups in total. The first-order valence-corrected chi connectivity index (χ1v) is 8.73. The lowest BCUT2D eigenvalue weighted by Gasteiger charge is -2.10. The van der Waals surface area contributed by atoms with Crippen molar-refractivity contribution < 1.29 is 28.2 Å². The van der Waals surface area contributed by atoms with Gasteiger partial charge in [-0.15, -0.1) is 11.3 Å².